The van der Waals surface area contributed by atoms with Crippen LogP contribution in [0.5, 0.6) is 5.75 Å². The van der Waals surface area contributed by atoms with Crippen molar-refractivity contribution in [1.82, 2.24) is 21.2 Å². The number of carbonyl (C=O) groups is 2. The average Bonchev–Trinajstić information content (AvgIpc) is 2.68. The predicted molar refractivity (Wildman–Crippen MR) is 95.7 cm³/mol. The number of alkyl halides is 5. The lowest BCUT2D eigenvalue weighted by atomic mass is 10.1. The van der Waals surface area contributed by atoms with E-state index in [9.17, 15) is 40.3 Å². The lowest BCUT2D eigenvalue weighted by Crippen LogP contribution is -2.51. The number of benzene rings is 1. The molecule has 0 spiro atoms. The Morgan fingerprint density at radius 1 is 1.09 bits per heavy atom. The Labute approximate surface area is 179 Å². The molecule has 2 aromatic rings. The van der Waals surface area contributed by atoms with E-state index in [1.807, 2.05) is 5.32 Å². The van der Waals surface area contributed by atoms with E-state index < -0.39 is 55.1 Å². The molecule has 0 radical (unpaired) electrons. The van der Waals surface area contributed by atoms with Gasteiger partial charge in [-0.1, -0.05) is 11.6 Å². The van der Waals surface area contributed by atoms with Gasteiger partial charge in [0, 0.05) is 22.3 Å². The Morgan fingerprint density at radius 2 is 1.78 bits per heavy atom. The van der Waals surface area contributed by atoms with Gasteiger partial charge in [0.2, 0.25) is 0 Å². The molecule has 0 aliphatic carbocycles. The van der Waals surface area contributed by atoms with E-state index in [1.54, 1.807) is 0 Å². The van der Waals surface area contributed by atoms with Crippen molar-refractivity contribution in [2.24, 2.45) is 0 Å². The van der Waals surface area contributed by atoms with Crippen LogP contribution in [0, 0.1) is 11.6 Å². The van der Waals surface area contributed by atoms with Gasteiger partial charge in [-0.05, 0) is 18.2 Å². The minimum absolute atomic E-state index is 0.0983. The van der Waals surface area contributed by atoms with Gasteiger partial charge in [0.15, 0.2) is 11.6 Å². The molecule has 0 bridgehead atoms. The van der Waals surface area contributed by atoms with Crippen LogP contribution in [0.3, 0.4) is 0 Å². The Kier molecular flexibility index (Phi) is 8.08. The molecule has 15 heteroatoms. The maximum atomic E-state index is 14.4. The number of amides is 3. The van der Waals surface area contributed by atoms with Crippen LogP contribution in [0.1, 0.15) is 5.69 Å². The molecular formula is C17H12ClF7N4O3. The highest BCUT2D eigenvalue weighted by Crippen LogP contribution is 2.35. The number of urea groups is 1. The van der Waals surface area contributed by atoms with E-state index >= 15 is 0 Å². The van der Waals surface area contributed by atoms with Crippen molar-refractivity contribution in [2.75, 3.05) is 6.61 Å². The van der Waals surface area contributed by atoms with Gasteiger partial charge >= 0.3 is 18.1 Å². The summed E-state index contributed by atoms with van der Waals surface area (Å²) < 4.78 is 94.2. The quantitative estimate of drug-likeness (QED) is 0.427. The molecule has 2 rings (SSSR count). The monoisotopic (exact) mass is 488 g/mol. The van der Waals surface area contributed by atoms with Gasteiger partial charge in [0.25, 0.3) is 6.43 Å². The summed E-state index contributed by atoms with van der Waals surface area (Å²) in [7, 11) is 0. The maximum Gasteiger partial charge on any atom is 0.472 e. The molecule has 3 N–H and O–H groups in total. The van der Waals surface area contributed by atoms with Gasteiger partial charge in [-0.3, -0.25) is 15.2 Å². The van der Waals surface area contributed by atoms with Crippen molar-refractivity contribution in [2.45, 2.75) is 19.1 Å². The third-order valence-electron chi connectivity index (χ3n) is 3.55. The molecule has 3 amide bonds. The lowest BCUT2D eigenvalue weighted by molar-refractivity contribution is -0.174. The zero-order valence-corrected chi connectivity index (χ0v) is 16.3. The van der Waals surface area contributed by atoms with E-state index in [-0.39, 0.29) is 21.8 Å². The summed E-state index contributed by atoms with van der Waals surface area (Å²) in [5.41, 5.74) is 1.83. The molecule has 1 heterocycles. The van der Waals surface area contributed by atoms with Crippen LogP contribution in [0.2, 0.25) is 5.02 Å². The third kappa shape index (κ3) is 6.87. The first-order valence-electron chi connectivity index (χ1n) is 8.34. The highest BCUT2D eigenvalue weighted by atomic mass is 35.5. The fourth-order valence-electron chi connectivity index (χ4n) is 2.20. The number of pyridine rings is 1. The number of aromatic nitrogens is 1. The van der Waals surface area contributed by atoms with Crippen LogP contribution in [0.4, 0.5) is 35.5 Å². The summed E-state index contributed by atoms with van der Waals surface area (Å²) in [6.07, 6.45) is -7.13. The Balaban J connectivity index is 2.12. The third-order valence-corrected chi connectivity index (χ3v) is 3.77. The molecule has 32 heavy (non-hydrogen) atoms. The first-order chi connectivity index (χ1) is 14.9. The van der Waals surface area contributed by atoms with E-state index in [0.717, 1.165) is 29.8 Å². The number of halogens is 8. The van der Waals surface area contributed by atoms with Gasteiger partial charge < -0.3 is 10.1 Å². The Hall–Kier alpha value is -3.29. The highest BCUT2D eigenvalue weighted by molar-refractivity contribution is 6.31. The smallest absolute Gasteiger partial charge is 0.472 e. The number of hydrogen-bond acceptors (Lipinski definition) is 4. The largest absolute Gasteiger partial charge is 0.484 e. The topological polar surface area (TPSA) is 92.3 Å². The first-order valence-corrected chi connectivity index (χ1v) is 8.72. The summed E-state index contributed by atoms with van der Waals surface area (Å²) in [5.74, 6) is -5.15. The van der Waals surface area contributed by atoms with Gasteiger partial charge in [-0.2, -0.15) is 13.2 Å². The molecule has 0 saturated heterocycles. The van der Waals surface area contributed by atoms with Crippen molar-refractivity contribution in [3.8, 4) is 16.9 Å². The van der Waals surface area contributed by atoms with E-state index in [1.165, 1.54) is 5.43 Å². The van der Waals surface area contributed by atoms with Crippen molar-refractivity contribution < 1.29 is 45.1 Å². The van der Waals surface area contributed by atoms with E-state index in [0.29, 0.717) is 0 Å². The van der Waals surface area contributed by atoms with Crippen LogP contribution < -0.4 is 20.9 Å². The number of hydrazine groups is 1. The molecule has 0 fully saturated rings. The van der Waals surface area contributed by atoms with Crippen LogP contribution in [0.15, 0.2) is 24.4 Å². The first kappa shape index (κ1) is 25.0. The minimum Gasteiger partial charge on any atom is -0.484 e. The van der Waals surface area contributed by atoms with Gasteiger partial charge in [-0.15, -0.1) is 0 Å². The summed E-state index contributed by atoms with van der Waals surface area (Å²) in [4.78, 5) is 25.7. The van der Waals surface area contributed by atoms with Gasteiger partial charge in [-0.25, -0.2) is 27.8 Å². The standard InChI is InChI=1S/C17H12ClF7N4O3/c18-8-2-9(14(11(20)3-8)32-6-13(21)22)7-1-10(19)12(26-4-7)5-27-16(31)29-28-15(30)17(23,24)25/h1-4,13H,5-6H2,(H,28,30)(H2,27,29,31). The molecule has 0 aliphatic rings. The van der Waals surface area contributed by atoms with Crippen LogP contribution in [0.25, 0.3) is 11.1 Å². The van der Waals surface area contributed by atoms with E-state index in [2.05, 4.69) is 4.98 Å². The number of nitrogens with zero attached hydrogens (tertiary/aromatic N) is 1. The zero-order valence-electron chi connectivity index (χ0n) is 15.5. The molecule has 1 aromatic heterocycles. The summed E-state index contributed by atoms with van der Waals surface area (Å²) in [6.45, 7) is -1.75. The molecule has 7 nitrogen and oxygen atoms in total. The summed E-state index contributed by atoms with van der Waals surface area (Å²) >= 11 is 5.76. The average molecular weight is 489 g/mol. The number of ether oxygens (including phenoxy) is 1. The van der Waals surface area contributed by atoms with Crippen LogP contribution in [-0.4, -0.2) is 36.1 Å². The van der Waals surface area contributed by atoms with E-state index in [4.69, 9.17) is 16.3 Å². The second-order valence-electron chi connectivity index (χ2n) is 5.88. The van der Waals surface area contributed by atoms with Crippen molar-refractivity contribution in [3.05, 3.63) is 46.7 Å². The van der Waals surface area contributed by atoms with Crippen molar-refractivity contribution in [3.63, 3.8) is 0 Å². The number of hydrogen-bond donors (Lipinski definition) is 3. The molecule has 1 aromatic carbocycles. The van der Waals surface area contributed by atoms with Gasteiger partial charge in [0.05, 0.1) is 12.2 Å². The maximum absolute atomic E-state index is 14.4. The molecule has 0 aliphatic heterocycles. The predicted octanol–water partition coefficient (Wildman–Crippen LogP) is 3.72. The van der Waals surface area contributed by atoms with Crippen LogP contribution in [-0.2, 0) is 11.3 Å². The molecule has 0 atom stereocenters. The van der Waals surface area contributed by atoms with Crippen molar-refractivity contribution in [1.29, 1.82) is 0 Å². The molecule has 174 valence electrons. The Bertz CT molecular complexity index is 1000. The highest BCUT2D eigenvalue weighted by Gasteiger charge is 2.38. The fraction of sp³-hybridized carbons (Fsp3) is 0.235. The summed E-state index contributed by atoms with van der Waals surface area (Å²) in [5, 5.41) is 1.81. The second-order valence-corrected chi connectivity index (χ2v) is 6.31. The molecule has 0 unspecified atom stereocenters. The van der Waals surface area contributed by atoms with Gasteiger partial charge in [0.1, 0.15) is 12.4 Å². The Morgan fingerprint density at radius 3 is 2.38 bits per heavy atom. The van der Waals surface area contributed by atoms with Crippen LogP contribution >= 0.6 is 11.6 Å². The lowest BCUT2D eigenvalue weighted by Gasteiger charge is -2.14. The fourth-order valence-corrected chi connectivity index (χ4v) is 2.41. The number of nitrogens with one attached hydrogen (secondary N) is 3. The summed E-state index contributed by atoms with van der Waals surface area (Å²) in [6, 6.07) is 1.47. The minimum atomic E-state index is -5.23. The zero-order chi connectivity index (χ0) is 24.1. The molecule has 0 saturated carbocycles. The number of carbonyl (C=O) groups excluding carboxylic acids is 2. The molecular weight excluding hydrogens is 477 g/mol. The normalized spacial score (nSPS) is 11.3. The SMILES string of the molecule is O=C(NCc1ncc(-c2cc(Cl)cc(F)c2OCC(F)F)cc1F)NNC(=O)C(F)(F)F. The second kappa shape index (κ2) is 10.3. The van der Waals surface area contributed by atoms with Crippen molar-refractivity contribution >= 4 is 23.5 Å². The number of rotatable bonds is 6.